The molecule has 0 heterocycles. The summed E-state index contributed by atoms with van der Waals surface area (Å²) in [6.45, 7) is 0.665. The molecular weight excluding hydrogens is 381 g/mol. The van der Waals surface area contributed by atoms with E-state index < -0.39 is 41.2 Å². The van der Waals surface area contributed by atoms with Crippen molar-refractivity contribution in [1.82, 2.24) is 5.32 Å². The number of amides is 1. The quantitative estimate of drug-likeness (QED) is 0.458. The van der Waals surface area contributed by atoms with Gasteiger partial charge in [0.1, 0.15) is 12.6 Å². The van der Waals surface area contributed by atoms with Crippen LogP contribution in [0.4, 0.5) is 18.9 Å². The highest BCUT2D eigenvalue weighted by Gasteiger charge is 2.33. The van der Waals surface area contributed by atoms with Crippen LogP contribution in [-0.4, -0.2) is 22.8 Å². The van der Waals surface area contributed by atoms with Gasteiger partial charge in [0.2, 0.25) is 0 Å². The fourth-order valence-corrected chi connectivity index (χ4v) is 2.30. The number of ether oxygens (including phenoxy) is 1. The van der Waals surface area contributed by atoms with Crippen molar-refractivity contribution in [2.75, 3.05) is 0 Å². The Morgan fingerprint density at radius 2 is 1.86 bits per heavy atom. The number of nitro groups is 1. The first kappa shape index (κ1) is 20.9. The highest BCUT2D eigenvalue weighted by Crippen LogP contribution is 2.32. The van der Waals surface area contributed by atoms with Crippen molar-refractivity contribution in [3.63, 3.8) is 0 Å². The zero-order valence-electron chi connectivity index (χ0n) is 14.5. The Hall–Kier alpha value is -3.43. The van der Waals surface area contributed by atoms with E-state index in [1.54, 1.807) is 0 Å². The van der Waals surface area contributed by atoms with E-state index in [1.165, 1.54) is 43.3 Å². The Kier molecular flexibility index (Phi) is 6.34. The van der Waals surface area contributed by atoms with Gasteiger partial charge in [0, 0.05) is 23.3 Å². The number of carbonyl (C=O) groups excluding carboxylic acids is 2. The third-order valence-corrected chi connectivity index (χ3v) is 3.71. The number of hydrogen-bond acceptors (Lipinski definition) is 5. The molecule has 1 atom stereocenters. The highest BCUT2D eigenvalue weighted by molar-refractivity contribution is 5.97. The second-order valence-electron chi connectivity index (χ2n) is 5.77. The van der Waals surface area contributed by atoms with E-state index in [4.69, 9.17) is 4.74 Å². The van der Waals surface area contributed by atoms with Crippen molar-refractivity contribution in [3.05, 3.63) is 75.3 Å². The predicted molar refractivity (Wildman–Crippen MR) is 91.3 cm³/mol. The molecule has 0 aliphatic carbocycles. The van der Waals surface area contributed by atoms with E-state index in [2.05, 4.69) is 5.32 Å². The zero-order chi connectivity index (χ0) is 20.9. The van der Waals surface area contributed by atoms with E-state index in [9.17, 15) is 32.9 Å². The van der Waals surface area contributed by atoms with E-state index in [0.29, 0.717) is 0 Å². The molecule has 28 heavy (non-hydrogen) atoms. The van der Waals surface area contributed by atoms with E-state index in [0.717, 1.165) is 12.1 Å². The lowest BCUT2D eigenvalue weighted by Crippen LogP contribution is -2.39. The molecular formula is C18H15F3N2O5. The maximum Gasteiger partial charge on any atom is 0.416 e. The van der Waals surface area contributed by atoms with Crippen molar-refractivity contribution < 1.29 is 32.4 Å². The van der Waals surface area contributed by atoms with Gasteiger partial charge >= 0.3 is 12.1 Å². The molecule has 0 saturated heterocycles. The largest absolute Gasteiger partial charge is 0.459 e. The van der Waals surface area contributed by atoms with Gasteiger partial charge in [-0.25, -0.2) is 4.79 Å². The second-order valence-corrected chi connectivity index (χ2v) is 5.77. The topological polar surface area (TPSA) is 98.5 Å². The number of rotatable bonds is 6. The predicted octanol–water partition coefficient (Wildman–Crippen LogP) is 3.48. The molecule has 0 aromatic heterocycles. The average molecular weight is 396 g/mol. The van der Waals surface area contributed by atoms with Gasteiger partial charge in [0.05, 0.1) is 10.5 Å². The Bertz CT molecular complexity index is 899. The Morgan fingerprint density at radius 1 is 1.18 bits per heavy atom. The fraction of sp³-hybridized carbons (Fsp3) is 0.222. The molecule has 148 valence electrons. The van der Waals surface area contributed by atoms with Gasteiger partial charge in [-0.3, -0.25) is 14.9 Å². The fourth-order valence-electron chi connectivity index (χ4n) is 2.30. The van der Waals surface area contributed by atoms with Crippen molar-refractivity contribution in [3.8, 4) is 0 Å². The minimum absolute atomic E-state index is 0.0451. The summed E-state index contributed by atoms with van der Waals surface area (Å²) in [6, 6.07) is 8.34. The SMILES string of the molecule is C[C@H](NC(=O)c1cccc([N+](=O)[O-])c1)C(=O)OCc1ccccc1C(F)(F)F. The summed E-state index contributed by atoms with van der Waals surface area (Å²) in [6.07, 6.45) is -4.59. The van der Waals surface area contributed by atoms with Crippen LogP contribution < -0.4 is 5.32 Å². The minimum Gasteiger partial charge on any atom is -0.459 e. The minimum atomic E-state index is -4.59. The maximum absolute atomic E-state index is 12.9. The molecule has 1 N–H and O–H groups in total. The number of esters is 1. The van der Waals surface area contributed by atoms with Crippen LogP contribution in [-0.2, 0) is 22.3 Å². The lowest BCUT2D eigenvalue weighted by atomic mass is 10.1. The lowest BCUT2D eigenvalue weighted by molar-refractivity contribution is -0.384. The van der Waals surface area contributed by atoms with Gasteiger partial charge in [0.15, 0.2) is 0 Å². The number of halogens is 3. The molecule has 0 bridgehead atoms. The summed E-state index contributed by atoms with van der Waals surface area (Å²) in [7, 11) is 0. The second kappa shape index (κ2) is 8.51. The molecule has 7 nitrogen and oxygen atoms in total. The smallest absolute Gasteiger partial charge is 0.416 e. The summed E-state index contributed by atoms with van der Waals surface area (Å²) < 4.78 is 43.7. The first-order chi connectivity index (χ1) is 13.1. The van der Waals surface area contributed by atoms with Crippen molar-refractivity contribution in [1.29, 1.82) is 0 Å². The molecule has 0 fully saturated rings. The summed E-state index contributed by atoms with van der Waals surface area (Å²) in [5.41, 5.74) is -1.49. The third kappa shape index (κ3) is 5.29. The molecule has 10 heteroatoms. The van der Waals surface area contributed by atoms with Crippen molar-refractivity contribution >= 4 is 17.6 Å². The Labute approximate surface area is 157 Å². The van der Waals surface area contributed by atoms with Crippen LogP contribution in [0.2, 0.25) is 0 Å². The van der Waals surface area contributed by atoms with Crippen LogP contribution >= 0.6 is 0 Å². The summed E-state index contributed by atoms with van der Waals surface area (Å²) in [5.74, 6) is -1.71. The normalized spacial score (nSPS) is 12.1. The molecule has 0 radical (unpaired) electrons. The number of hydrogen-bond donors (Lipinski definition) is 1. The van der Waals surface area contributed by atoms with Crippen LogP contribution in [0.1, 0.15) is 28.4 Å². The maximum atomic E-state index is 12.9. The lowest BCUT2D eigenvalue weighted by Gasteiger charge is -2.16. The number of non-ortho nitro benzene ring substituents is 1. The first-order valence-electron chi connectivity index (χ1n) is 7.96. The zero-order valence-corrected chi connectivity index (χ0v) is 14.5. The highest BCUT2D eigenvalue weighted by atomic mass is 19.4. The molecule has 2 aromatic carbocycles. The molecule has 0 aliphatic heterocycles. The van der Waals surface area contributed by atoms with E-state index in [-0.39, 0.29) is 16.8 Å². The monoisotopic (exact) mass is 396 g/mol. The molecule has 2 aromatic rings. The van der Waals surface area contributed by atoms with Gasteiger partial charge < -0.3 is 10.1 Å². The van der Waals surface area contributed by atoms with Crippen molar-refractivity contribution in [2.24, 2.45) is 0 Å². The van der Waals surface area contributed by atoms with Crippen LogP contribution in [0.25, 0.3) is 0 Å². The number of nitrogens with one attached hydrogen (secondary N) is 1. The number of benzene rings is 2. The third-order valence-electron chi connectivity index (χ3n) is 3.71. The summed E-state index contributed by atoms with van der Waals surface area (Å²) in [4.78, 5) is 34.2. The van der Waals surface area contributed by atoms with Crippen molar-refractivity contribution in [2.45, 2.75) is 25.7 Å². The average Bonchev–Trinajstić information content (AvgIpc) is 2.65. The van der Waals surface area contributed by atoms with E-state index in [1.807, 2.05) is 0 Å². The molecule has 1 amide bonds. The standard InChI is InChI=1S/C18H15F3N2O5/c1-11(22-16(24)12-6-4-7-14(9-12)23(26)27)17(25)28-10-13-5-2-3-8-15(13)18(19,20)21/h2-9,11H,10H2,1H3,(H,22,24)/t11-/m0/s1. The molecule has 0 aliphatic rings. The number of carbonyl (C=O) groups is 2. The summed E-state index contributed by atoms with van der Waals surface area (Å²) >= 11 is 0. The molecule has 0 unspecified atom stereocenters. The Morgan fingerprint density at radius 3 is 2.50 bits per heavy atom. The number of alkyl halides is 3. The van der Waals surface area contributed by atoms with E-state index >= 15 is 0 Å². The first-order valence-corrected chi connectivity index (χ1v) is 7.96. The van der Waals surface area contributed by atoms with Gasteiger partial charge in [-0.15, -0.1) is 0 Å². The number of nitrogens with zero attached hydrogens (tertiary/aromatic N) is 1. The molecule has 0 saturated carbocycles. The van der Waals surface area contributed by atoms with Gasteiger partial charge in [-0.2, -0.15) is 13.2 Å². The van der Waals surface area contributed by atoms with Crippen LogP contribution in [0.3, 0.4) is 0 Å². The molecule has 2 rings (SSSR count). The molecule has 0 spiro atoms. The van der Waals surface area contributed by atoms with Gasteiger partial charge in [-0.05, 0) is 19.1 Å². The van der Waals surface area contributed by atoms with Crippen LogP contribution in [0.15, 0.2) is 48.5 Å². The van der Waals surface area contributed by atoms with Gasteiger partial charge in [-0.1, -0.05) is 24.3 Å². The van der Waals surface area contributed by atoms with Crippen LogP contribution in [0, 0.1) is 10.1 Å². The summed E-state index contributed by atoms with van der Waals surface area (Å²) in [5, 5.41) is 13.0. The number of nitro benzene ring substituents is 1. The Balaban J connectivity index is 1.99. The van der Waals surface area contributed by atoms with Crippen LogP contribution in [0.5, 0.6) is 0 Å². The van der Waals surface area contributed by atoms with Gasteiger partial charge in [0.25, 0.3) is 11.6 Å².